The van der Waals surface area contributed by atoms with Gasteiger partial charge >= 0.3 is 0 Å². The number of H-pyrrole nitrogens is 1. The van der Waals surface area contributed by atoms with Gasteiger partial charge in [0.05, 0.1) is 17.3 Å². The summed E-state index contributed by atoms with van der Waals surface area (Å²) in [5.74, 6) is 1.31. The predicted octanol–water partition coefficient (Wildman–Crippen LogP) is 6.91. The molecule has 0 bridgehead atoms. The molecule has 1 aromatic heterocycles. The van der Waals surface area contributed by atoms with Gasteiger partial charge < -0.3 is 0 Å². The molecule has 2 fully saturated rings. The van der Waals surface area contributed by atoms with E-state index in [0.29, 0.717) is 17.4 Å². The number of hydrogen-bond donors (Lipinski definition) is 1. The molecule has 33 heavy (non-hydrogen) atoms. The number of aromatic amines is 1. The first-order chi connectivity index (χ1) is 16.0. The molecule has 0 aliphatic heterocycles. The first kappa shape index (κ1) is 21.6. The van der Waals surface area contributed by atoms with E-state index in [0.717, 1.165) is 35.2 Å². The van der Waals surface area contributed by atoms with E-state index >= 15 is 0 Å². The maximum absolute atomic E-state index is 13.4. The second kappa shape index (κ2) is 8.63. The zero-order valence-electron chi connectivity index (χ0n) is 19.7. The maximum Gasteiger partial charge on any atom is 0.166 e. The Kier molecular flexibility index (Phi) is 5.66. The monoisotopic (exact) mass is 437 g/mol. The lowest BCUT2D eigenvalue weighted by molar-refractivity contribution is 0.0829. The van der Waals surface area contributed by atoms with Crippen LogP contribution in [0.2, 0.25) is 0 Å². The quantitative estimate of drug-likeness (QED) is 0.441. The summed E-state index contributed by atoms with van der Waals surface area (Å²) in [5.41, 5.74) is 9.54. The highest BCUT2D eigenvalue weighted by Gasteiger charge is 2.36. The van der Waals surface area contributed by atoms with Crippen LogP contribution in [0.15, 0.2) is 36.4 Å². The van der Waals surface area contributed by atoms with Crippen molar-refractivity contribution in [1.29, 1.82) is 5.26 Å². The Morgan fingerprint density at radius 3 is 2.36 bits per heavy atom. The van der Waals surface area contributed by atoms with Gasteiger partial charge in [0.1, 0.15) is 0 Å². The zero-order valence-corrected chi connectivity index (χ0v) is 19.7. The van der Waals surface area contributed by atoms with Gasteiger partial charge in [0.2, 0.25) is 0 Å². The molecule has 0 atom stereocenters. The van der Waals surface area contributed by atoms with Gasteiger partial charge in [0.25, 0.3) is 0 Å². The lowest BCUT2D eigenvalue weighted by atomic mass is 9.68. The van der Waals surface area contributed by atoms with Crippen LogP contribution in [-0.4, -0.2) is 16.0 Å². The number of benzene rings is 2. The standard InChI is InChI=1S/C29H31N3O/c1-17-12-18(2)26(15-25(17)28-19(3)27(31-32-28)22-6-4-5-7-22)29(33)24-13-23(14-24)21-10-8-20(16-30)9-11-21/h8-12,15,22-24H,4-7,13-14H2,1-3H3,(H,31,32). The van der Waals surface area contributed by atoms with Gasteiger partial charge in [-0.15, -0.1) is 0 Å². The van der Waals surface area contributed by atoms with Gasteiger partial charge in [0, 0.05) is 28.7 Å². The molecule has 0 unspecified atom stereocenters. The number of hydrogen-bond acceptors (Lipinski definition) is 3. The zero-order chi connectivity index (χ0) is 23.1. The van der Waals surface area contributed by atoms with Gasteiger partial charge in [-0.05, 0) is 92.8 Å². The van der Waals surface area contributed by atoms with Crippen molar-refractivity contribution in [3.63, 3.8) is 0 Å². The van der Waals surface area contributed by atoms with Crippen LogP contribution >= 0.6 is 0 Å². The molecule has 0 spiro atoms. The Bertz CT molecular complexity index is 1230. The number of nitrogens with zero attached hydrogens (tertiary/aromatic N) is 2. The van der Waals surface area contributed by atoms with E-state index in [-0.39, 0.29) is 11.7 Å². The molecule has 1 heterocycles. The number of aryl methyl sites for hydroxylation is 2. The minimum Gasteiger partial charge on any atom is -0.294 e. The number of carbonyl (C=O) groups is 1. The molecule has 0 amide bonds. The normalized spacial score (nSPS) is 20.4. The highest BCUT2D eigenvalue weighted by atomic mass is 16.1. The molecule has 4 nitrogen and oxygen atoms in total. The second-order valence-electron chi connectivity index (χ2n) is 10.0. The van der Waals surface area contributed by atoms with Gasteiger partial charge in [-0.25, -0.2) is 0 Å². The molecule has 1 N–H and O–H groups in total. The Morgan fingerprint density at radius 2 is 1.70 bits per heavy atom. The van der Waals surface area contributed by atoms with Crippen LogP contribution < -0.4 is 0 Å². The third-order valence-electron chi connectivity index (χ3n) is 7.92. The Hall–Kier alpha value is -3.19. The molecule has 2 aromatic carbocycles. The minimum absolute atomic E-state index is 0.0641. The fourth-order valence-corrected chi connectivity index (χ4v) is 5.81. The summed E-state index contributed by atoms with van der Waals surface area (Å²) in [5, 5.41) is 17.0. The van der Waals surface area contributed by atoms with Crippen LogP contribution in [0.1, 0.15) is 94.2 Å². The third kappa shape index (κ3) is 3.91. The van der Waals surface area contributed by atoms with Crippen molar-refractivity contribution in [2.24, 2.45) is 5.92 Å². The van der Waals surface area contributed by atoms with Gasteiger partial charge in [0.15, 0.2) is 5.78 Å². The fraction of sp³-hybridized carbons (Fsp3) is 0.414. The molecule has 0 saturated heterocycles. The minimum atomic E-state index is 0.0641. The number of carbonyl (C=O) groups excluding carboxylic acids is 1. The van der Waals surface area contributed by atoms with Crippen molar-refractivity contribution < 1.29 is 4.79 Å². The molecule has 168 valence electrons. The van der Waals surface area contributed by atoms with Crippen LogP contribution in [0.5, 0.6) is 0 Å². The lowest BCUT2D eigenvalue weighted by Crippen LogP contribution is -2.29. The summed E-state index contributed by atoms with van der Waals surface area (Å²) < 4.78 is 0. The van der Waals surface area contributed by atoms with Crippen molar-refractivity contribution in [3.05, 3.63) is 75.5 Å². The highest BCUT2D eigenvalue weighted by Crippen LogP contribution is 2.44. The van der Waals surface area contributed by atoms with Crippen LogP contribution in [-0.2, 0) is 0 Å². The second-order valence-corrected chi connectivity index (χ2v) is 10.0. The van der Waals surface area contributed by atoms with Crippen molar-refractivity contribution >= 4 is 5.78 Å². The molecule has 0 radical (unpaired) electrons. The van der Waals surface area contributed by atoms with E-state index in [1.807, 2.05) is 31.2 Å². The molecule has 2 aliphatic carbocycles. The molecule has 4 heteroatoms. The molecule has 5 rings (SSSR count). The van der Waals surface area contributed by atoms with Crippen molar-refractivity contribution in [2.75, 3.05) is 0 Å². The van der Waals surface area contributed by atoms with E-state index in [4.69, 9.17) is 10.4 Å². The molecule has 2 saturated carbocycles. The van der Waals surface area contributed by atoms with Gasteiger partial charge in [-0.1, -0.05) is 31.0 Å². The Balaban J connectivity index is 1.37. The molecule has 2 aliphatic rings. The first-order valence-electron chi connectivity index (χ1n) is 12.2. The number of rotatable bonds is 5. The molecular weight excluding hydrogens is 406 g/mol. The van der Waals surface area contributed by atoms with E-state index in [1.54, 1.807) is 0 Å². The van der Waals surface area contributed by atoms with Crippen molar-refractivity contribution in [1.82, 2.24) is 10.2 Å². The molecular formula is C29H31N3O. The predicted molar refractivity (Wildman–Crippen MR) is 130 cm³/mol. The van der Waals surface area contributed by atoms with E-state index in [9.17, 15) is 4.79 Å². The summed E-state index contributed by atoms with van der Waals surface area (Å²) in [6.07, 6.45) is 6.82. The largest absolute Gasteiger partial charge is 0.294 e. The third-order valence-corrected chi connectivity index (χ3v) is 7.92. The van der Waals surface area contributed by atoms with Crippen LogP contribution in [0, 0.1) is 38.0 Å². The van der Waals surface area contributed by atoms with Crippen LogP contribution in [0.3, 0.4) is 0 Å². The van der Waals surface area contributed by atoms with Gasteiger partial charge in [-0.2, -0.15) is 10.4 Å². The van der Waals surface area contributed by atoms with E-state index in [1.165, 1.54) is 48.1 Å². The summed E-state index contributed by atoms with van der Waals surface area (Å²) in [6, 6.07) is 14.2. The van der Waals surface area contributed by atoms with Crippen molar-refractivity contribution in [3.8, 4) is 17.3 Å². The van der Waals surface area contributed by atoms with Crippen LogP contribution in [0.4, 0.5) is 0 Å². The SMILES string of the molecule is Cc1cc(C)c(-c2n[nH]c(C3CCCC3)c2C)cc1C(=O)C1CC(c2ccc(C#N)cc2)C1. The molecule has 3 aromatic rings. The average Bonchev–Trinajstić information content (AvgIpc) is 3.43. The Labute approximate surface area is 196 Å². The van der Waals surface area contributed by atoms with Gasteiger partial charge in [-0.3, -0.25) is 9.89 Å². The number of Topliss-reactive ketones (excluding diaryl/α,β-unsaturated/α-hetero) is 1. The fourth-order valence-electron chi connectivity index (χ4n) is 5.81. The average molecular weight is 438 g/mol. The van der Waals surface area contributed by atoms with Crippen molar-refractivity contribution in [2.45, 2.75) is 71.1 Å². The number of nitrogens with one attached hydrogen (secondary N) is 1. The summed E-state index contributed by atoms with van der Waals surface area (Å²) >= 11 is 0. The summed E-state index contributed by atoms with van der Waals surface area (Å²) in [4.78, 5) is 13.4. The lowest BCUT2D eigenvalue weighted by Gasteiger charge is -2.35. The highest BCUT2D eigenvalue weighted by molar-refractivity contribution is 6.01. The van der Waals surface area contributed by atoms with E-state index < -0.39 is 0 Å². The maximum atomic E-state index is 13.4. The number of ketones is 1. The Morgan fingerprint density at radius 1 is 1.00 bits per heavy atom. The summed E-state index contributed by atoms with van der Waals surface area (Å²) in [6.45, 7) is 6.33. The topological polar surface area (TPSA) is 69.5 Å². The summed E-state index contributed by atoms with van der Waals surface area (Å²) in [7, 11) is 0. The first-order valence-corrected chi connectivity index (χ1v) is 12.2. The number of aromatic nitrogens is 2. The van der Waals surface area contributed by atoms with E-state index in [2.05, 4.69) is 37.1 Å². The number of nitriles is 1. The smallest absolute Gasteiger partial charge is 0.166 e. The van der Waals surface area contributed by atoms with Crippen LogP contribution in [0.25, 0.3) is 11.3 Å².